The maximum absolute atomic E-state index is 13.3. The number of hydrogen-bond donors (Lipinski definition) is 0. The minimum atomic E-state index is -0.146. The average molecular weight is 219 g/mol. The molecule has 0 unspecified atom stereocenters. The summed E-state index contributed by atoms with van der Waals surface area (Å²) < 4.78 is 13.3. The molecule has 0 heterocycles. The Balaban J connectivity index is 2.07. The molecule has 86 valence electrons. The quantitative estimate of drug-likeness (QED) is 0.669. The van der Waals surface area contributed by atoms with Crippen molar-refractivity contribution in [2.45, 2.75) is 45.1 Å². The highest BCUT2D eigenvalue weighted by atomic mass is 19.1. The molecule has 0 atom stereocenters. The molecular weight excluding hydrogens is 201 g/mol. The Morgan fingerprint density at radius 1 is 1.25 bits per heavy atom. The summed E-state index contributed by atoms with van der Waals surface area (Å²) in [7, 11) is 0. The molecule has 1 aliphatic carbocycles. The zero-order valence-corrected chi connectivity index (χ0v) is 9.75. The SMILES string of the molecule is Cc1c(F)cccc1C=NC1CCCCC1. The molecule has 16 heavy (non-hydrogen) atoms. The van der Waals surface area contributed by atoms with Gasteiger partial charge in [-0.15, -0.1) is 0 Å². The summed E-state index contributed by atoms with van der Waals surface area (Å²) in [4.78, 5) is 4.56. The Morgan fingerprint density at radius 3 is 2.75 bits per heavy atom. The third-order valence-corrected chi connectivity index (χ3v) is 3.31. The summed E-state index contributed by atoms with van der Waals surface area (Å²) in [5, 5.41) is 0. The summed E-state index contributed by atoms with van der Waals surface area (Å²) >= 11 is 0. The van der Waals surface area contributed by atoms with E-state index >= 15 is 0 Å². The van der Waals surface area contributed by atoms with E-state index in [1.165, 1.54) is 38.2 Å². The lowest BCUT2D eigenvalue weighted by Gasteiger charge is -2.17. The van der Waals surface area contributed by atoms with Crippen molar-refractivity contribution in [2.24, 2.45) is 4.99 Å². The molecule has 0 radical (unpaired) electrons. The van der Waals surface area contributed by atoms with E-state index in [2.05, 4.69) is 4.99 Å². The van der Waals surface area contributed by atoms with Crippen LogP contribution >= 0.6 is 0 Å². The molecule has 1 aromatic rings. The molecule has 1 nitrogen and oxygen atoms in total. The largest absolute Gasteiger partial charge is 0.289 e. The van der Waals surface area contributed by atoms with E-state index in [1.54, 1.807) is 13.0 Å². The normalized spacial score (nSPS) is 18.1. The molecule has 1 aromatic carbocycles. The predicted molar refractivity (Wildman–Crippen MR) is 65.6 cm³/mol. The molecule has 0 amide bonds. The van der Waals surface area contributed by atoms with Gasteiger partial charge in [0.25, 0.3) is 0 Å². The topological polar surface area (TPSA) is 12.4 Å². The number of halogens is 1. The van der Waals surface area contributed by atoms with Crippen LogP contribution in [0.3, 0.4) is 0 Å². The Morgan fingerprint density at radius 2 is 2.00 bits per heavy atom. The van der Waals surface area contributed by atoms with Crippen LogP contribution in [-0.2, 0) is 0 Å². The molecule has 1 saturated carbocycles. The Kier molecular flexibility index (Phi) is 3.70. The first kappa shape index (κ1) is 11.3. The lowest BCUT2D eigenvalue weighted by Crippen LogP contribution is -2.09. The second kappa shape index (κ2) is 5.24. The maximum Gasteiger partial charge on any atom is 0.126 e. The van der Waals surface area contributed by atoms with E-state index < -0.39 is 0 Å². The minimum Gasteiger partial charge on any atom is -0.289 e. The van der Waals surface area contributed by atoms with Crippen LogP contribution in [0.1, 0.15) is 43.2 Å². The van der Waals surface area contributed by atoms with Gasteiger partial charge < -0.3 is 0 Å². The molecule has 0 spiro atoms. The molecule has 0 N–H and O–H groups in total. The van der Waals surface area contributed by atoms with Crippen molar-refractivity contribution in [1.82, 2.24) is 0 Å². The number of aliphatic imine (C=N–C) groups is 1. The van der Waals surface area contributed by atoms with Gasteiger partial charge in [-0.3, -0.25) is 4.99 Å². The summed E-state index contributed by atoms with van der Waals surface area (Å²) in [5.41, 5.74) is 1.60. The predicted octanol–water partition coefficient (Wildman–Crippen LogP) is 3.89. The van der Waals surface area contributed by atoms with Crippen molar-refractivity contribution in [1.29, 1.82) is 0 Å². The van der Waals surface area contributed by atoms with Crippen molar-refractivity contribution in [3.8, 4) is 0 Å². The van der Waals surface area contributed by atoms with Crippen molar-refractivity contribution < 1.29 is 4.39 Å². The van der Waals surface area contributed by atoms with Crippen LogP contribution in [0.15, 0.2) is 23.2 Å². The first-order valence-electron chi connectivity index (χ1n) is 6.05. The minimum absolute atomic E-state index is 0.146. The fraction of sp³-hybridized carbons (Fsp3) is 0.500. The molecule has 2 rings (SSSR count). The van der Waals surface area contributed by atoms with Gasteiger partial charge in [-0.05, 0) is 37.0 Å². The van der Waals surface area contributed by atoms with Crippen LogP contribution in [0.4, 0.5) is 4.39 Å². The van der Waals surface area contributed by atoms with E-state index in [0.29, 0.717) is 11.6 Å². The van der Waals surface area contributed by atoms with Gasteiger partial charge in [0.2, 0.25) is 0 Å². The van der Waals surface area contributed by atoms with Gasteiger partial charge in [-0.2, -0.15) is 0 Å². The van der Waals surface area contributed by atoms with Crippen LogP contribution in [0.25, 0.3) is 0 Å². The number of nitrogens with zero attached hydrogens (tertiary/aromatic N) is 1. The second-order valence-corrected chi connectivity index (χ2v) is 4.52. The highest BCUT2D eigenvalue weighted by Crippen LogP contribution is 2.20. The lowest BCUT2D eigenvalue weighted by molar-refractivity contribution is 0.444. The highest BCUT2D eigenvalue weighted by Gasteiger charge is 2.11. The molecule has 2 heteroatoms. The van der Waals surface area contributed by atoms with Gasteiger partial charge in [0.1, 0.15) is 5.82 Å². The van der Waals surface area contributed by atoms with E-state index in [-0.39, 0.29) is 5.82 Å². The van der Waals surface area contributed by atoms with Crippen LogP contribution < -0.4 is 0 Å². The summed E-state index contributed by atoms with van der Waals surface area (Å²) in [6.07, 6.45) is 8.11. The van der Waals surface area contributed by atoms with E-state index in [9.17, 15) is 4.39 Å². The van der Waals surface area contributed by atoms with Crippen LogP contribution in [-0.4, -0.2) is 12.3 Å². The van der Waals surface area contributed by atoms with Crippen LogP contribution in [0, 0.1) is 12.7 Å². The highest BCUT2D eigenvalue weighted by molar-refractivity contribution is 5.81. The van der Waals surface area contributed by atoms with Crippen molar-refractivity contribution in [3.05, 3.63) is 35.1 Å². The monoisotopic (exact) mass is 219 g/mol. The van der Waals surface area contributed by atoms with Gasteiger partial charge in [-0.25, -0.2) is 4.39 Å². The molecule has 0 bridgehead atoms. The second-order valence-electron chi connectivity index (χ2n) is 4.52. The van der Waals surface area contributed by atoms with Crippen molar-refractivity contribution >= 4 is 6.21 Å². The summed E-state index contributed by atoms with van der Waals surface area (Å²) in [6.45, 7) is 1.80. The first-order valence-corrected chi connectivity index (χ1v) is 6.05. The zero-order chi connectivity index (χ0) is 11.4. The third kappa shape index (κ3) is 2.69. The number of hydrogen-bond acceptors (Lipinski definition) is 1. The number of rotatable bonds is 2. The molecule has 0 aliphatic heterocycles. The van der Waals surface area contributed by atoms with Gasteiger partial charge in [-0.1, -0.05) is 31.4 Å². The van der Waals surface area contributed by atoms with Crippen molar-refractivity contribution in [3.63, 3.8) is 0 Å². The smallest absolute Gasteiger partial charge is 0.126 e. The molecule has 0 saturated heterocycles. The first-order chi connectivity index (χ1) is 7.77. The molecule has 1 fully saturated rings. The van der Waals surface area contributed by atoms with Crippen molar-refractivity contribution in [2.75, 3.05) is 0 Å². The Hall–Kier alpha value is -1.18. The third-order valence-electron chi connectivity index (χ3n) is 3.31. The molecular formula is C14H18FN. The Labute approximate surface area is 96.4 Å². The fourth-order valence-corrected chi connectivity index (χ4v) is 2.18. The molecule has 0 aromatic heterocycles. The van der Waals surface area contributed by atoms with E-state index in [0.717, 1.165) is 5.56 Å². The van der Waals surface area contributed by atoms with Crippen LogP contribution in [0.2, 0.25) is 0 Å². The van der Waals surface area contributed by atoms with Gasteiger partial charge in [0, 0.05) is 12.3 Å². The molecule has 1 aliphatic rings. The average Bonchev–Trinajstić information content (AvgIpc) is 2.32. The number of benzene rings is 1. The van der Waals surface area contributed by atoms with E-state index in [4.69, 9.17) is 0 Å². The Bertz CT molecular complexity index is 378. The summed E-state index contributed by atoms with van der Waals surface area (Å²) in [6, 6.07) is 5.61. The van der Waals surface area contributed by atoms with Crippen LogP contribution in [0.5, 0.6) is 0 Å². The zero-order valence-electron chi connectivity index (χ0n) is 9.75. The standard InChI is InChI=1S/C14H18FN/c1-11-12(6-5-9-14(11)15)10-16-13-7-3-2-4-8-13/h5-6,9-10,13H,2-4,7-8H2,1H3. The maximum atomic E-state index is 13.3. The van der Waals surface area contributed by atoms with Gasteiger partial charge >= 0.3 is 0 Å². The van der Waals surface area contributed by atoms with Gasteiger partial charge in [0.15, 0.2) is 0 Å². The lowest BCUT2D eigenvalue weighted by atomic mass is 9.96. The van der Waals surface area contributed by atoms with Gasteiger partial charge in [0.05, 0.1) is 0 Å². The summed E-state index contributed by atoms with van der Waals surface area (Å²) in [5.74, 6) is -0.146. The fourth-order valence-electron chi connectivity index (χ4n) is 2.18. The van der Waals surface area contributed by atoms with E-state index in [1.807, 2.05) is 12.3 Å².